The van der Waals surface area contributed by atoms with Gasteiger partial charge in [-0.3, -0.25) is 4.79 Å². The maximum Gasteiger partial charge on any atom is 0.239 e. The molecule has 16 heteroatoms. The average molecular weight is 611 g/mol. The van der Waals surface area contributed by atoms with E-state index >= 15 is 0 Å². The van der Waals surface area contributed by atoms with Gasteiger partial charge in [-0.25, -0.2) is 0 Å². The van der Waals surface area contributed by atoms with E-state index in [-0.39, 0.29) is 22.7 Å². The maximum atomic E-state index is 13.7. The Bertz CT molecular complexity index is 1540. The van der Waals surface area contributed by atoms with Gasteiger partial charge in [-0.1, -0.05) is 0 Å². The highest BCUT2D eigenvalue weighted by Crippen LogP contribution is 2.40. The van der Waals surface area contributed by atoms with Crippen LogP contribution in [0.25, 0.3) is 22.3 Å². The summed E-state index contributed by atoms with van der Waals surface area (Å²) < 4.78 is 27.8. The van der Waals surface area contributed by atoms with Crippen LogP contribution in [0.4, 0.5) is 0 Å². The first-order valence-corrected chi connectivity index (χ1v) is 13.0. The SMILES string of the molecule is C[C@H]1O[C@@H](Oc2c(-c3ccc(O)c(O)c3)oc3cc(O[C@@H]4O[C@H](CO)[C@@H](O)[C@@H](O)[C@H]4O)cc(O)c3c2=O)[C@H](O)[C@H](O)[C@H]1O. The Morgan fingerprint density at radius 1 is 0.744 bits per heavy atom. The minimum Gasteiger partial charge on any atom is -0.507 e. The first-order valence-electron chi connectivity index (χ1n) is 13.0. The largest absolute Gasteiger partial charge is 0.507 e. The summed E-state index contributed by atoms with van der Waals surface area (Å²) in [5.74, 6) is -3.10. The molecule has 1 aromatic heterocycles. The number of phenols is 3. The Balaban J connectivity index is 1.60. The summed E-state index contributed by atoms with van der Waals surface area (Å²) in [6, 6.07) is 5.42. The standard InChI is InChI=1S/C27H30O16/c1-8-17(32)20(35)22(37)26(39-8)43-25-19(34)16-13(31)5-10(40-27-23(38)21(36)18(33)15(7-28)42-27)6-14(16)41-24(25)9-2-3-11(29)12(30)4-9/h2-6,8,15,17-18,20-23,26-33,35-38H,7H2,1H3/t8-,15-,17+,18-,20-,21-,22-,23-,26+,27-/m1/s1. The van der Waals surface area contributed by atoms with Crippen LogP contribution in [0.1, 0.15) is 6.92 Å². The van der Waals surface area contributed by atoms with Crippen LogP contribution >= 0.6 is 0 Å². The van der Waals surface area contributed by atoms with Crippen LogP contribution in [0.2, 0.25) is 0 Å². The highest BCUT2D eigenvalue weighted by molar-refractivity contribution is 5.88. The number of phenolic OH excluding ortho intramolecular Hbond substituents is 3. The molecular weight excluding hydrogens is 580 g/mol. The number of hydrogen-bond donors (Lipinski definition) is 10. The first-order chi connectivity index (χ1) is 20.3. The zero-order valence-electron chi connectivity index (χ0n) is 22.3. The van der Waals surface area contributed by atoms with E-state index in [1.807, 2.05) is 0 Å². The van der Waals surface area contributed by atoms with E-state index in [2.05, 4.69) is 0 Å². The molecule has 0 aliphatic carbocycles. The van der Waals surface area contributed by atoms with Crippen molar-refractivity contribution in [2.24, 2.45) is 0 Å². The van der Waals surface area contributed by atoms with Crippen molar-refractivity contribution in [3.63, 3.8) is 0 Å². The third kappa shape index (κ3) is 5.55. The average Bonchev–Trinajstić information content (AvgIpc) is 2.97. The van der Waals surface area contributed by atoms with E-state index in [4.69, 9.17) is 23.4 Å². The van der Waals surface area contributed by atoms with Crippen molar-refractivity contribution in [2.45, 2.75) is 68.3 Å². The number of aliphatic hydroxyl groups is 7. The molecule has 3 heterocycles. The Morgan fingerprint density at radius 3 is 2.05 bits per heavy atom. The number of ether oxygens (including phenoxy) is 4. The molecule has 0 unspecified atom stereocenters. The number of rotatable bonds is 6. The lowest BCUT2D eigenvalue weighted by molar-refractivity contribution is -0.277. The fraction of sp³-hybridized carbons (Fsp3) is 0.444. The summed E-state index contributed by atoms with van der Waals surface area (Å²) in [6.45, 7) is 0.670. The predicted molar refractivity (Wildman–Crippen MR) is 140 cm³/mol. The topological polar surface area (TPSA) is 269 Å². The summed E-state index contributed by atoms with van der Waals surface area (Å²) in [5.41, 5.74) is -1.36. The molecule has 43 heavy (non-hydrogen) atoms. The quantitative estimate of drug-likeness (QED) is 0.135. The molecule has 0 radical (unpaired) electrons. The van der Waals surface area contributed by atoms with Gasteiger partial charge in [0, 0.05) is 17.7 Å². The third-order valence-electron chi connectivity index (χ3n) is 7.29. The maximum absolute atomic E-state index is 13.7. The van der Waals surface area contributed by atoms with Gasteiger partial charge in [0.25, 0.3) is 0 Å². The van der Waals surface area contributed by atoms with Crippen molar-refractivity contribution in [3.05, 3.63) is 40.6 Å². The van der Waals surface area contributed by atoms with Gasteiger partial charge >= 0.3 is 0 Å². The first kappa shape index (κ1) is 30.7. The van der Waals surface area contributed by atoms with Gasteiger partial charge in [0.15, 0.2) is 17.3 Å². The molecule has 2 aliphatic rings. The second-order valence-corrected chi connectivity index (χ2v) is 10.2. The van der Waals surface area contributed by atoms with Gasteiger partial charge in [0.05, 0.1) is 12.7 Å². The van der Waals surface area contributed by atoms with E-state index in [0.717, 1.165) is 24.3 Å². The Kier molecular flexibility index (Phi) is 8.41. The van der Waals surface area contributed by atoms with Gasteiger partial charge in [-0.05, 0) is 25.1 Å². The molecule has 234 valence electrons. The molecule has 10 N–H and O–H groups in total. The van der Waals surface area contributed by atoms with Crippen LogP contribution in [0.15, 0.2) is 39.5 Å². The van der Waals surface area contributed by atoms with Crippen molar-refractivity contribution in [1.82, 2.24) is 0 Å². The van der Waals surface area contributed by atoms with Gasteiger partial charge in [-0.15, -0.1) is 0 Å². The monoisotopic (exact) mass is 610 g/mol. The predicted octanol–water partition coefficient (Wildman–Crippen LogP) is -2.04. The second-order valence-electron chi connectivity index (χ2n) is 10.2. The van der Waals surface area contributed by atoms with E-state index in [1.54, 1.807) is 0 Å². The van der Waals surface area contributed by atoms with Crippen LogP contribution in [-0.2, 0) is 9.47 Å². The summed E-state index contributed by atoms with van der Waals surface area (Å²) >= 11 is 0. The third-order valence-corrected chi connectivity index (χ3v) is 7.29. The molecule has 3 aromatic rings. The number of hydrogen-bond acceptors (Lipinski definition) is 16. The molecule has 0 spiro atoms. The van der Waals surface area contributed by atoms with Gasteiger partial charge in [0.2, 0.25) is 23.8 Å². The van der Waals surface area contributed by atoms with E-state index in [0.29, 0.717) is 0 Å². The Labute approximate surface area is 241 Å². The number of aromatic hydroxyl groups is 3. The number of benzene rings is 2. The highest BCUT2D eigenvalue weighted by atomic mass is 16.7. The smallest absolute Gasteiger partial charge is 0.239 e. The molecule has 0 amide bonds. The fourth-order valence-electron chi connectivity index (χ4n) is 4.81. The normalized spacial score (nSPS) is 32.9. The lowest BCUT2D eigenvalue weighted by atomic mass is 9.99. The summed E-state index contributed by atoms with van der Waals surface area (Å²) in [5, 5.41) is 101. The molecule has 2 aliphatic heterocycles. The van der Waals surface area contributed by atoms with E-state index < -0.39 is 102 Å². The van der Waals surface area contributed by atoms with Crippen molar-refractivity contribution >= 4 is 11.0 Å². The summed E-state index contributed by atoms with van der Waals surface area (Å²) in [4.78, 5) is 13.7. The van der Waals surface area contributed by atoms with Gasteiger partial charge < -0.3 is 74.4 Å². The second kappa shape index (κ2) is 11.8. The summed E-state index contributed by atoms with van der Waals surface area (Å²) in [7, 11) is 0. The van der Waals surface area contributed by atoms with Crippen molar-refractivity contribution in [3.8, 4) is 40.1 Å². The highest BCUT2D eigenvalue weighted by Gasteiger charge is 2.45. The van der Waals surface area contributed by atoms with Gasteiger partial charge in [0.1, 0.15) is 65.2 Å². The van der Waals surface area contributed by atoms with Crippen LogP contribution in [0.3, 0.4) is 0 Å². The Hall–Kier alpha value is -3.71. The Morgan fingerprint density at radius 2 is 1.40 bits per heavy atom. The number of aliphatic hydroxyl groups excluding tert-OH is 7. The zero-order chi connectivity index (χ0) is 31.3. The van der Waals surface area contributed by atoms with E-state index in [9.17, 15) is 55.9 Å². The van der Waals surface area contributed by atoms with Crippen molar-refractivity contribution in [1.29, 1.82) is 0 Å². The zero-order valence-corrected chi connectivity index (χ0v) is 22.3. The molecule has 10 atom stereocenters. The molecule has 2 aromatic carbocycles. The van der Waals surface area contributed by atoms with Gasteiger partial charge in [-0.2, -0.15) is 0 Å². The molecule has 16 nitrogen and oxygen atoms in total. The fourth-order valence-corrected chi connectivity index (χ4v) is 4.81. The van der Waals surface area contributed by atoms with Crippen LogP contribution in [0, 0.1) is 0 Å². The minimum atomic E-state index is -1.83. The number of fused-ring (bicyclic) bond motifs is 1. The summed E-state index contributed by atoms with van der Waals surface area (Å²) in [6.07, 6.45) is -15.9. The molecule has 0 bridgehead atoms. The van der Waals surface area contributed by atoms with Crippen LogP contribution in [-0.4, -0.2) is 119 Å². The van der Waals surface area contributed by atoms with Crippen LogP contribution in [0.5, 0.6) is 28.7 Å². The van der Waals surface area contributed by atoms with Crippen molar-refractivity contribution < 1.29 is 74.4 Å². The molecular formula is C27H30O16. The van der Waals surface area contributed by atoms with Crippen molar-refractivity contribution in [2.75, 3.05) is 6.61 Å². The molecule has 5 rings (SSSR count). The molecule has 2 saturated heterocycles. The molecule has 0 saturated carbocycles. The lowest BCUT2D eigenvalue weighted by Gasteiger charge is -2.39. The molecule has 2 fully saturated rings. The van der Waals surface area contributed by atoms with Crippen LogP contribution < -0.4 is 14.9 Å². The van der Waals surface area contributed by atoms with E-state index in [1.165, 1.54) is 13.0 Å². The minimum absolute atomic E-state index is 0.0250. The lowest BCUT2D eigenvalue weighted by Crippen LogP contribution is -2.60.